The predicted octanol–water partition coefficient (Wildman–Crippen LogP) is 2.81. The zero-order valence-electron chi connectivity index (χ0n) is 10.2. The Balaban J connectivity index is 3.47. The molecular formula is C12H10F3NO3. The van der Waals surface area contributed by atoms with E-state index >= 15 is 0 Å². The van der Waals surface area contributed by atoms with Gasteiger partial charge in [0.15, 0.2) is 0 Å². The SMILES string of the molecule is CCc1cc(C#N)cc(OC(F)(F)F)c1C(=O)OC. The van der Waals surface area contributed by atoms with E-state index in [1.54, 1.807) is 13.0 Å². The highest BCUT2D eigenvalue weighted by Crippen LogP contribution is 2.31. The molecule has 102 valence electrons. The van der Waals surface area contributed by atoms with Crippen LogP contribution in [0.25, 0.3) is 0 Å². The number of methoxy groups -OCH3 is 1. The van der Waals surface area contributed by atoms with Gasteiger partial charge in [0.05, 0.1) is 18.7 Å². The molecule has 0 bridgehead atoms. The van der Waals surface area contributed by atoms with Crippen molar-refractivity contribution in [2.24, 2.45) is 0 Å². The highest BCUT2D eigenvalue weighted by atomic mass is 19.4. The monoisotopic (exact) mass is 273 g/mol. The van der Waals surface area contributed by atoms with Crippen LogP contribution in [0, 0.1) is 11.3 Å². The van der Waals surface area contributed by atoms with E-state index in [4.69, 9.17) is 5.26 Å². The molecule has 0 aliphatic heterocycles. The normalized spacial score (nSPS) is 10.7. The summed E-state index contributed by atoms with van der Waals surface area (Å²) in [6, 6.07) is 3.90. The molecule has 4 nitrogen and oxygen atoms in total. The minimum absolute atomic E-state index is 0.0243. The van der Waals surface area contributed by atoms with E-state index in [2.05, 4.69) is 9.47 Å². The van der Waals surface area contributed by atoms with E-state index in [1.165, 1.54) is 6.07 Å². The molecular weight excluding hydrogens is 263 g/mol. The lowest BCUT2D eigenvalue weighted by Crippen LogP contribution is -2.20. The first-order chi connectivity index (χ1) is 8.82. The lowest BCUT2D eigenvalue weighted by atomic mass is 10.0. The van der Waals surface area contributed by atoms with Crippen molar-refractivity contribution < 1.29 is 27.4 Å². The molecule has 0 N–H and O–H groups in total. The number of rotatable bonds is 3. The number of hydrogen-bond donors (Lipinski definition) is 0. The largest absolute Gasteiger partial charge is 0.573 e. The molecule has 0 aliphatic rings. The Labute approximate surface area is 107 Å². The second-order valence-electron chi connectivity index (χ2n) is 3.51. The van der Waals surface area contributed by atoms with Crippen molar-refractivity contribution in [2.75, 3.05) is 7.11 Å². The number of benzene rings is 1. The second kappa shape index (κ2) is 5.61. The quantitative estimate of drug-likeness (QED) is 0.794. The highest BCUT2D eigenvalue weighted by Gasteiger charge is 2.34. The number of ether oxygens (including phenoxy) is 2. The second-order valence-corrected chi connectivity index (χ2v) is 3.51. The van der Waals surface area contributed by atoms with Crippen LogP contribution in [0.15, 0.2) is 12.1 Å². The van der Waals surface area contributed by atoms with Crippen molar-refractivity contribution in [1.29, 1.82) is 5.26 Å². The van der Waals surface area contributed by atoms with Gasteiger partial charge in [0.1, 0.15) is 11.3 Å². The van der Waals surface area contributed by atoms with Crippen LogP contribution in [0.3, 0.4) is 0 Å². The van der Waals surface area contributed by atoms with Crippen molar-refractivity contribution in [3.8, 4) is 11.8 Å². The van der Waals surface area contributed by atoms with Crippen LogP contribution < -0.4 is 4.74 Å². The average Bonchev–Trinajstić information content (AvgIpc) is 2.34. The molecule has 1 aromatic carbocycles. The van der Waals surface area contributed by atoms with Crippen LogP contribution >= 0.6 is 0 Å². The van der Waals surface area contributed by atoms with E-state index in [0.29, 0.717) is 0 Å². The summed E-state index contributed by atoms with van der Waals surface area (Å²) in [5.41, 5.74) is -0.0878. The summed E-state index contributed by atoms with van der Waals surface area (Å²) in [7, 11) is 1.05. The van der Waals surface area contributed by atoms with Gasteiger partial charge >= 0.3 is 12.3 Å². The third-order valence-electron chi connectivity index (χ3n) is 2.31. The Morgan fingerprint density at radius 1 is 1.42 bits per heavy atom. The third kappa shape index (κ3) is 3.61. The van der Waals surface area contributed by atoms with Crippen molar-refractivity contribution in [1.82, 2.24) is 0 Å². The Bertz CT molecular complexity index is 532. The van der Waals surface area contributed by atoms with Crippen LogP contribution in [0.2, 0.25) is 0 Å². The van der Waals surface area contributed by atoms with Gasteiger partial charge in [-0.3, -0.25) is 0 Å². The molecule has 0 fully saturated rings. The number of alkyl halides is 3. The minimum Gasteiger partial charge on any atom is -0.465 e. The summed E-state index contributed by atoms with van der Waals surface area (Å²) in [6.45, 7) is 1.64. The van der Waals surface area contributed by atoms with Crippen molar-refractivity contribution in [3.05, 3.63) is 28.8 Å². The van der Waals surface area contributed by atoms with Gasteiger partial charge in [0.2, 0.25) is 0 Å². The summed E-state index contributed by atoms with van der Waals surface area (Å²) < 4.78 is 45.1. The number of carbonyl (C=O) groups excluding carboxylic acids is 1. The summed E-state index contributed by atoms with van der Waals surface area (Å²) in [5, 5.41) is 8.76. The Kier molecular flexibility index (Phi) is 4.38. The molecule has 0 heterocycles. The molecule has 1 rings (SSSR count). The molecule has 0 radical (unpaired) electrons. The zero-order valence-corrected chi connectivity index (χ0v) is 10.2. The Morgan fingerprint density at radius 2 is 2.05 bits per heavy atom. The van der Waals surface area contributed by atoms with Crippen molar-refractivity contribution in [2.45, 2.75) is 19.7 Å². The number of carbonyl (C=O) groups is 1. The zero-order chi connectivity index (χ0) is 14.6. The van der Waals surface area contributed by atoms with E-state index in [9.17, 15) is 18.0 Å². The van der Waals surface area contributed by atoms with Crippen LogP contribution in [0.1, 0.15) is 28.4 Å². The van der Waals surface area contributed by atoms with Gasteiger partial charge < -0.3 is 9.47 Å². The van der Waals surface area contributed by atoms with Crippen molar-refractivity contribution >= 4 is 5.97 Å². The van der Waals surface area contributed by atoms with Crippen molar-refractivity contribution in [3.63, 3.8) is 0 Å². The number of hydrogen-bond acceptors (Lipinski definition) is 4. The maximum Gasteiger partial charge on any atom is 0.573 e. The molecule has 7 heteroatoms. The van der Waals surface area contributed by atoms with E-state index < -0.39 is 18.1 Å². The summed E-state index contributed by atoms with van der Waals surface area (Å²) in [6.07, 6.45) is -4.70. The first-order valence-corrected chi connectivity index (χ1v) is 5.23. The van der Waals surface area contributed by atoms with Gasteiger partial charge in [-0.05, 0) is 24.1 Å². The lowest BCUT2D eigenvalue weighted by Gasteiger charge is -2.15. The summed E-state index contributed by atoms with van der Waals surface area (Å²) >= 11 is 0. The van der Waals surface area contributed by atoms with Gasteiger partial charge in [-0.2, -0.15) is 5.26 Å². The van der Waals surface area contributed by atoms with Crippen LogP contribution in [-0.4, -0.2) is 19.4 Å². The molecule has 1 aromatic rings. The fourth-order valence-corrected chi connectivity index (χ4v) is 1.56. The molecule has 19 heavy (non-hydrogen) atoms. The lowest BCUT2D eigenvalue weighted by molar-refractivity contribution is -0.274. The standard InChI is InChI=1S/C12H10F3NO3/c1-3-8-4-7(6-16)5-9(19-12(13,14)15)10(8)11(17)18-2/h4-5H,3H2,1-2H3. The van der Waals surface area contributed by atoms with Gasteiger partial charge in [0.25, 0.3) is 0 Å². The number of halogens is 3. The fraction of sp³-hybridized carbons (Fsp3) is 0.333. The average molecular weight is 273 g/mol. The maximum absolute atomic E-state index is 12.3. The molecule has 0 amide bonds. The smallest absolute Gasteiger partial charge is 0.465 e. The third-order valence-corrected chi connectivity index (χ3v) is 2.31. The fourth-order valence-electron chi connectivity index (χ4n) is 1.56. The van der Waals surface area contributed by atoms with E-state index in [0.717, 1.165) is 13.2 Å². The van der Waals surface area contributed by atoms with Crippen LogP contribution in [0.4, 0.5) is 13.2 Å². The van der Waals surface area contributed by atoms with Gasteiger partial charge in [0, 0.05) is 0 Å². The van der Waals surface area contributed by atoms with Gasteiger partial charge in [-0.25, -0.2) is 4.79 Å². The molecule has 0 saturated heterocycles. The molecule has 0 saturated carbocycles. The Morgan fingerprint density at radius 3 is 2.47 bits per heavy atom. The highest BCUT2D eigenvalue weighted by molar-refractivity contribution is 5.94. The first-order valence-electron chi connectivity index (χ1n) is 5.23. The topological polar surface area (TPSA) is 59.3 Å². The molecule has 0 aromatic heterocycles. The number of nitrogens with zero attached hydrogens (tertiary/aromatic N) is 1. The molecule has 0 spiro atoms. The van der Waals surface area contributed by atoms with Gasteiger partial charge in [-0.15, -0.1) is 13.2 Å². The molecule has 0 aliphatic carbocycles. The number of aryl methyl sites for hydroxylation is 1. The molecule has 0 unspecified atom stereocenters. The number of nitriles is 1. The minimum atomic E-state index is -4.96. The Hall–Kier alpha value is -2.23. The van der Waals surface area contributed by atoms with E-state index in [1.807, 2.05) is 0 Å². The summed E-state index contributed by atoms with van der Waals surface area (Å²) in [4.78, 5) is 11.5. The first kappa shape index (κ1) is 14.8. The van der Waals surface area contributed by atoms with Crippen LogP contribution in [0.5, 0.6) is 5.75 Å². The summed E-state index contributed by atoms with van der Waals surface area (Å²) in [5.74, 6) is -1.67. The predicted molar refractivity (Wildman–Crippen MR) is 58.6 cm³/mol. The number of esters is 1. The van der Waals surface area contributed by atoms with Crippen LogP contribution in [-0.2, 0) is 11.2 Å². The van der Waals surface area contributed by atoms with Gasteiger partial charge in [-0.1, -0.05) is 6.92 Å². The molecule has 0 atom stereocenters. The maximum atomic E-state index is 12.3. The van der Waals surface area contributed by atoms with E-state index in [-0.39, 0.29) is 23.1 Å².